The third kappa shape index (κ3) is 6.84. The van der Waals surface area contributed by atoms with Crippen molar-refractivity contribution < 1.29 is 9.47 Å². The highest BCUT2D eigenvalue weighted by Gasteiger charge is 2.01. The summed E-state index contributed by atoms with van der Waals surface area (Å²) in [4.78, 5) is 8.63. The highest BCUT2D eigenvalue weighted by molar-refractivity contribution is 5.92. The molecule has 6 heteroatoms. The number of ether oxygens (including phenoxy) is 2. The van der Waals surface area contributed by atoms with E-state index in [2.05, 4.69) is 15.3 Å². The lowest BCUT2D eigenvalue weighted by atomic mass is 10.2. The van der Waals surface area contributed by atoms with Gasteiger partial charge >= 0.3 is 0 Å². The zero-order valence-corrected chi connectivity index (χ0v) is 16.7. The number of nitrogens with two attached hydrogens (primary N) is 1. The summed E-state index contributed by atoms with van der Waals surface area (Å²) in [6, 6.07) is 21.2. The Hall–Kier alpha value is -3.54. The minimum Gasteiger partial charge on any atom is -0.491 e. The highest BCUT2D eigenvalue weighted by Crippen LogP contribution is 2.17. The molecule has 150 valence electrons. The number of nitrogens with zero attached hydrogens (tertiary/aromatic N) is 2. The van der Waals surface area contributed by atoms with Crippen molar-refractivity contribution in [2.24, 2.45) is 10.7 Å². The predicted octanol–water partition coefficient (Wildman–Crippen LogP) is 4.37. The van der Waals surface area contributed by atoms with E-state index >= 15 is 0 Å². The zero-order chi connectivity index (χ0) is 20.5. The second kappa shape index (κ2) is 10.1. The molecular formula is C23H26N4O2. The average molecular weight is 390 g/mol. The van der Waals surface area contributed by atoms with Crippen LogP contribution in [-0.2, 0) is 13.2 Å². The zero-order valence-electron chi connectivity index (χ0n) is 16.7. The summed E-state index contributed by atoms with van der Waals surface area (Å²) >= 11 is 0. The van der Waals surface area contributed by atoms with E-state index < -0.39 is 0 Å². The van der Waals surface area contributed by atoms with Crippen molar-refractivity contribution >= 4 is 11.6 Å². The summed E-state index contributed by atoms with van der Waals surface area (Å²) in [6.45, 7) is 4.91. The molecule has 1 heterocycles. The molecule has 0 spiro atoms. The first kappa shape index (κ1) is 20.2. The topological polar surface area (TPSA) is 81.8 Å². The highest BCUT2D eigenvalue weighted by atomic mass is 16.5. The Labute approximate surface area is 171 Å². The fraction of sp³-hybridized carbons (Fsp3) is 0.217. The molecule has 29 heavy (non-hydrogen) atoms. The molecule has 3 aromatic rings. The number of guanidine groups is 1. The van der Waals surface area contributed by atoms with Crippen LogP contribution >= 0.6 is 0 Å². The molecule has 6 nitrogen and oxygen atoms in total. The van der Waals surface area contributed by atoms with Crippen LogP contribution in [-0.4, -0.2) is 17.0 Å². The van der Waals surface area contributed by atoms with Crippen LogP contribution in [0.3, 0.4) is 0 Å². The second-order valence-corrected chi connectivity index (χ2v) is 6.77. The molecule has 1 aromatic heterocycles. The number of benzene rings is 2. The summed E-state index contributed by atoms with van der Waals surface area (Å²) < 4.78 is 11.4. The van der Waals surface area contributed by atoms with Gasteiger partial charge in [-0.2, -0.15) is 0 Å². The normalized spacial score (nSPS) is 11.3. The Balaban J connectivity index is 1.48. The van der Waals surface area contributed by atoms with Crippen LogP contribution in [0, 0.1) is 0 Å². The van der Waals surface area contributed by atoms with Crippen molar-refractivity contribution in [1.29, 1.82) is 0 Å². The monoisotopic (exact) mass is 390 g/mol. The molecule has 0 aliphatic carbocycles. The Bertz CT molecular complexity index is 908. The van der Waals surface area contributed by atoms with E-state index in [0.29, 0.717) is 19.1 Å². The van der Waals surface area contributed by atoms with Crippen molar-refractivity contribution in [2.75, 3.05) is 5.32 Å². The maximum atomic E-state index is 5.99. The van der Waals surface area contributed by atoms with Crippen LogP contribution in [0.25, 0.3) is 0 Å². The number of aliphatic imine (C=N–C) groups is 1. The van der Waals surface area contributed by atoms with Gasteiger partial charge in [-0.15, -0.1) is 0 Å². The first-order chi connectivity index (χ1) is 14.1. The Morgan fingerprint density at radius 1 is 1.00 bits per heavy atom. The molecule has 3 rings (SSSR count). The average Bonchev–Trinajstić information content (AvgIpc) is 2.73. The Kier molecular flexibility index (Phi) is 7.05. The van der Waals surface area contributed by atoms with E-state index in [4.69, 9.17) is 15.2 Å². The number of hydrogen-bond acceptors (Lipinski definition) is 4. The number of hydrogen-bond donors (Lipinski definition) is 2. The summed E-state index contributed by atoms with van der Waals surface area (Å²) in [7, 11) is 0. The first-order valence-electron chi connectivity index (χ1n) is 9.54. The molecule has 0 unspecified atom stereocenters. The predicted molar refractivity (Wildman–Crippen MR) is 116 cm³/mol. The van der Waals surface area contributed by atoms with Gasteiger partial charge in [-0.3, -0.25) is 4.98 Å². The summed E-state index contributed by atoms with van der Waals surface area (Å²) in [5.41, 5.74) is 8.79. The number of rotatable bonds is 8. The van der Waals surface area contributed by atoms with Crippen molar-refractivity contribution in [3.63, 3.8) is 0 Å². The van der Waals surface area contributed by atoms with Gasteiger partial charge in [-0.05, 0) is 67.9 Å². The van der Waals surface area contributed by atoms with Gasteiger partial charge in [-0.1, -0.05) is 18.2 Å². The van der Waals surface area contributed by atoms with Crippen molar-refractivity contribution in [3.05, 3.63) is 84.2 Å². The smallest absolute Gasteiger partial charge is 0.193 e. The third-order valence-corrected chi connectivity index (χ3v) is 3.97. The van der Waals surface area contributed by atoms with E-state index in [1.807, 2.05) is 80.6 Å². The molecular weight excluding hydrogens is 364 g/mol. The lowest BCUT2D eigenvalue weighted by Gasteiger charge is -2.11. The van der Waals surface area contributed by atoms with Crippen molar-refractivity contribution in [1.82, 2.24) is 4.98 Å². The molecule has 0 fully saturated rings. The standard InChI is InChI=1S/C23H26N4O2/c1-17(2)29-22-12-8-19(9-13-22)27-23(24)26-15-18-6-10-21(11-7-18)28-16-20-5-3-4-14-25-20/h3-14,17H,15-16H2,1-2H3,(H3,24,26,27). The molecule has 0 saturated carbocycles. The minimum absolute atomic E-state index is 0.146. The molecule has 0 atom stereocenters. The Morgan fingerprint density at radius 3 is 2.38 bits per heavy atom. The van der Waals surface area contributed by atoms with E-state index in [9.17, 15) is 0 Å². The summed E-state index contributed by atoms with van der Waals surface area (Å²) in [5, 5.41) is 3.08. The van der Waals surface area contributed by atoms with Gasteiger partial charge in [0.25, 0.3) is 0 Å². The van der Waals surface area contributed by atoms with E-state index in [1.54, 1.807) is 6.20 Å². The largest absolute Gasteiger partial charge is 0.491 e. The van der Waals surface area contributed by atoms with Gasteiger partial charge in [0, 0.05) is 11.9 Å². The van der Waals surface area contributed by atoms with Crippen LogP contribution in [0.1, 0.15) is 25.1 Å². The second-order valence-electron chi connectivity index (χ2n) is 6.77. The Morgan fingerprint density at radius 2 is 1.72 bits per heavy atom. The van der Waals surface area contributed by atoms with Gasteiger partial charge in [0.15, 0.2) is 5.96 Å². The van der Waals surface area contributed by atoms with Gasteiger partial charge in [0.2, 0.25) is 0 Å². The molecule has 0 bridgehead atoms. The van der Waals surface area contributed by atoms with Crippen LogP contribution < -0.4 is 20.5 Å². The fourth-order valence-electron chi connectivity index (χ4n) is 2.58. The van der Waals surface area contributed by atoms with Crippen molar-refractivity contribution in [2.45, 2.75) is 33.1 Å². The van der Waals surface area contributed by atoms with E-state index in [-0.39, 0.29) is 6.10 Å². The fourth-order valence-corrected chi connectivity index (χ4v) is 2.58. The molecule has 0 aliphatic heterocycles. The number of aromatic nitrogens is 1. The third-order valence-electron chi connectivity index (χ3n) is 3.97. The SMILES string of the molecule is CC(C)Oc1ccc(NC(N)=NCc2ccc(OCc3ccccn3)cc2)cc1. The lowest BCUT2D eigenvalue weighted by molar-refractivity contribution is 0.242. The van der Waals surface area contributed by atoms with Crippen molar-refractivity contribution in [3.8, 4) is 11.5 Å². The molecule has 0 aliphatic rings. The maximum Gasteiger partial charge on any atom is 0.193 e. The number of pyridine rings is 1. The molecule has 3 N–H and O–H groups in total. The molecule has 2 aromatic carbocycles. The number of anilines is 1. The summed E-state index contributed by atoms with van der Waals surface area (Å²) in [5.74, 6) is 1.97. The van der Waals surface area contributed by atoms with Gasteiger partial charge < -0.3 is 20.5 Å². The molecule has 0 radical (unpaired) electrons. The van der Waals surface area contributed by atoms with Gasteiger partial charge in [0.05, 0.1) is 18.3 Å². The van der Waals surface area contributed by atoms with E-state index in [0.717, 1.165) is 28.4 Å². The van der Waals surface area contributed by atoms with Crippen LogP contribution in [0.4, 0.5) is 5.69 Å². The van der Waals surface area contributed by atoms with E-state index in [1.165, 1.54) is 0 Å². The maximum absolute atomic E-state index is 5.99. The van der Waals surface area contributed by atoms with Gasteiger partial charge in [-0.25, -0.2) is 4.99 Å². The quantitative estimate of drug-likeness (QED) is 0.441. The first-order valence-corrected chi connectivity index (χ1v) is 9.54. The molecule has 0 amide bonds. The van der Waals surface area contributed by atoms with Gasteiger partial charge in [0.1, 0.15) is 18.1 Å². The van der Waals surface area contributed by atoms with Crippen LogP contribution in [0.5, 0.6) is 11.5 Å². The number of nitrogens with one attached hydrogen (secondary N) is 1. The van der Waals surface area contributed by atoms with Crippen LogP contribution in [0.15, 0.2) is 77.9 Å². The van der Waals surface area contributed by atoms with Crippen LogP contribution in [0.2, 0.25) is 0 Å². The minimum atomic E-state index is 0.146. The summed E-state index contributed by atoms with van der Waals surface area (Å²) in [6.07, 6.45) is 1.90. The molecule has 0 saturated heterocycles. The lowest BCUT2D eigenvalue weighted by Crippen LogP contribution is -2.22.